The molecular formula is C17H18ClN3O3. The van der Waals surface area contributed by atoms with E-state index in [1.165, 1.54) is 4.90 Å². The smallest absolute Gasteiger partial charge is 0.329 e. The first kappa shape index (κ1) is 15.4. The van der Waals surface area contributed by atoms with E-state index >= 15 is 0 Å². The first-order chi connectivity index (χ1) is 11.5. The number of rotatable bonds is 4. The minimum atomic E-state index is -0.835. The van der Waals surface area contributed by atoms with Crippen LogP contribution in [0.4, 0.5) is 10.5 Å². The van der Waals surface area contributed by atoms with Crippen LogP contribution in [0.1, 0.15) is 32.6 Å². The largest absolute Gasteiger partial charge is 0.392 e. The van der Waals surface area contributed by atoms with E-state index in [1.807, 2.05) is 0 Å². The Bertz CT molecular complexity index is 733. The second-order valence-electron chi connectivity index (χ2n) is 6.58. The lowest BCUT2D eigenvalue weighted by Crippen LogP contribution is -2.37. The van der Waals surface area contributed by atoms with Crippen molar-refractivity contribution in [3.8, 4) is 0 Å². The molecule has 2 aliphatic heterocycles. The van der Waals surface area contributed by atoms with Gasteiger partial charge >= 0.3 is 6.03 Å². The molecule has 0 aromatic heterocycles. The number of oxime groups is 1. The number of anilines is 1. The van der Waals surface area contributed by atoms with Crippen LogP contribution in [0.2, 0.25) is 5.02 Å². The van der Waals surface area contributed by atoms with Crippen molar-refractivity contribution in [2.75, 3.05) is 4.90 Å². The Hall–Kier alpha value is -2.08. The highest BCUT2D eigenvalue weighted by molar-refractivity contribution is 6.31. The van der Waals surface area contributed by atoms with Gasteiger partial charge in [0.1, 0.15) is 11.6 Å². The van der Waals surface area contributed by atoms with E-state index in [9.17, 15) is 9.59 Å². The van der Waals surface area contributed by atoms with Crippen LogP contribution in [0.5, 0.6) is 0 Å². The number of hydrogen-bond donors (Lipinski definition) is 1. The molecule has 3 aliphatic rings. The maximum Gasteiger partial charge on any atom is 0.329 e. The minimum Gasteiger partial charge on any atom is -0.392 e. The Labute approximate surface area is 144 Å². The quantitative estimate of drug-likeness (QED) is 0.851. The van der Waals surface area contributed by atoms with Gasteiger partial charge in [0, 0.05) is 17.4 Å². The number of imide groups is 1. The zero-order chi connectivity index (χ0) is 16.9. The molecule has 0 unspecified atom stereocenters. The molecule has 1 saturated heterocycles. The number of carbonyl (C=O) groups excluding carboxylic acids is 2. The second-order valence-corrected chi connectivity index (χ2v) is 7.02. The van der Waals surface area contributed by atoms with E-state index in [-0.39, 0.29) is 17.9 Å². The highest BCUT2D eigenvalue weighted by Crippen LogP contribution is 2.52. The number of amides is 3. The van der Waals surface area contributed by atoms with Crippen molar-refractivity contribution in [2.45, 2.75) is 44.2 Å². The third kappa shape index (κ3) is 2.28. The van der Waals surface area contributed by atoms with Crippen LogP contribution in [-0.4, -0.2) is 29.3 Å². The molecule has 0 radical (unpaired) electrons. The normalized spacial score (nSPS) is 31.2. The molecule has 1 saturated carbocycles. The maximum absolute atomic E-state index is 12.9. The molecule has 2 fully saturated rings. The fourth-order valence-corrected chi connectivity index (χ4v) is 3.77. The van der Waals surface area contributed by atoms with Gasteiger partial charge in [-0.15, -0.1) is 0 Å². The van der Waals surface area contributed by atoms with Gasteiger partial charge in [0.25, 0.3) is 5.91 Å². The van der Waals surface area contributed by atoms with Crippen LogP contribution in [0.3, 0.4) is 0 Å². The van der Waals surface area contributed by atoms with E-state index in [0.717, 1.165) is 25.0 Å². The Morgan fingerprint density at radius 3 is 2.83 bits per heavy atom. The van der Waals surface area contributed by atoms with Crippen molar-refractivity contribution in [2.24, 2.45) is 11.1 Å². The summed E-state index contributed by atoms with van der Waals surface area (Å²) >= 11 is 5.87. The zero-order valence-corrected chi connectivity index (χ0v) is 14.0. The van der Waals surface area contributed by atoms with Gasteiger partial charge in [0.05, 0.1) is 11.4 Å². The van der Waals surface area contributed by atoms with Crippen molar-refractivity contribution in [1.29, 1.82) is 0 Å². The summed E-state index contributed by atoms with van der Waals surface area (Å²) in [6.07, 6.45) is 3.14. The van der Waals surface area contributed by atoms with Gasteiger partial charge in [0.15, 0.2) is 0 Å². The van der Waals surface area contributed by atoms with E-state index in [1.54, 1.807) is 24.3 Å². The lowest BCUT2D eigenvalue weighted by atomic mass is 10.0. The van der Waals surface area contributed by atoms with Gasteiger partial charge in [-0.2, -0.15) is 0 Å². The van der Waals surface area contributed by atoms with Gasteiger partial charge < -0.3 is 10.2 Å². The summed E-state index contributed by atoms with van der Waals surface area (Å²) in [4.78, 5) is 31.9. The third-order valence-corrected chi connectivity index (χ3v) is 5.21. The molecule has 4 rings (SSSR count). The van der Waals surface area contributed by atoms with E-state index in [4.69, 9.17) is 16.4 Å². The molecule has 1 N–H and O–H groups in total. The van der Waals surface area contributed by atoms with Gasteiger partial charge in [-0.05, 0) is 37.1 Å². The number of hydrogen-bond acceptors (Lipinski definition) is 4. The predicted octanol–water partition coefficient (Wildman–Crippen LogP) is 3.10. The average molecular weight is 348 g/mol. The lowest BCUT2D eigenvalue weighted by Gasteiger charge is -2.14. The summed E-state index contributed by atoms with van der Waals surface area (Å²) in [5.74, 6) is -0.239. The highest BCUT2D eigenvalue weighted by atomic mass is 35.5. The number of benzene rings is 1. The molecule has 6 nitrogen and oxygen atoms in total. The fraction of sp³-hybridized carbons (Fsp3) is 0.471. The maximum atomic E-state index is 12.9. The lowest BCUT2D eigenvalue weighted by molar-refractivity contribution is -0.120. The van der Waals surface area contributed by atoms with Gasteiger partial charge in [0.2, 0.25) is 0 Å². The van der Waals surface area contributed by atoms with E-state index in [2.05, 4.69) is 17.4 Å². The molecule has 3 amide bonds. The van der Waals surface area contributed by atoms with Crippen molar-refractivity contribution < 1.29 is 14.4 Å². The van der Waals surface area contributed by atoms with Crippen LogP contribution in [0, 0.1) is 5.92 Å². The Morgan fingerprint density at radius 2 is 2.12 bits per heavy atom. The Kier molecular flexibility index (Phi) is 3.53. The summed E-state index contributed by atoms with van der Waals surface area (Å²) in [5, 5.41) is 7.54. The molecule has 3 atom stereocenters. The van der Waals surface area contributed by atoms with Gasteiger partial charge in [-0.3, -0.25) is 4.79 Å². The van der Waals surface area contributed by atoms with Crippen LogP contribution in [0.15, 0.2) is 29.4 Å². The topological polar surface area (TPSA) is 71.0 Å². The van der Waals surface area contributed by atoms with Crippen LogP contribution >= 0.6 is 11.6 Å². The SMILES string of the molecule is CCCC1=NO[C@H]([C@H]2C[C@]23NC(=O)N(c2ccc(Cl)cc2)C3=O)C1. The van der Waals surface area contributed by atoms with Crippen LogP contribution in [0.25, 0.3) is 0 Å². The molecule has 126 valence electrons. The number of nitrogens with zero attached hydrogens (tertiary/aromatic N) is 2. The molecule has 1 spiro atoms. The summed E-state index contributed by atoms with van der Waals surface area (Å²) in [6, 6.07) is 6.28. The number of carbonyl (C=O) groups is 2. The molecule has 2 heterocycles. The fourth-order valence-electron chi connectivity index (χ4n) is 3.64. The molecular weight excluding hydrogens is 330 g/mol. The van der Waals surface area contributed by atoms with Gasteiger partial charge in [-0.25, -0.2) is 9.69 Å². The second kappa shape index (κ2) is 5.48. The van der Waals surface area contributed by atoms with Crippen molar-refractivity contribution in [3.63, 3.8) is 0 Å². The van der Waals surface area contributed by atoms with Crippen LogP contribution in [-0.2, 0) is 9.63 Å². The molecule has 1 aliphatic carbocycles. The van der Waals surface area contributed by atoms with Crippen LogP contribution < -0.4 is 10.2 Å². The highest BCUT2D eigenvalue weighted by Gasteiger charge is 2.70. The molecule has 1 aromatic carbocycles. The molecule has 1 aromatic rings. The predicted molar refractivity (Wildman–Crippen MR) is 90.1 cm³/mol. The monoisotopic (exact) mass is 347 g/mol. The Balaban J connectivity index is 1.50. The van der Waals surface area contributed by atoms with Crippen molar-refractivity contribution in [3.05, 3.63) is 29.3 Å². The number of nitrogens with one attached hydrogen (secondary N) is 1. The Morgan fingerprint density at radius 1 is 1.38 bits per heavy atom. The van der Waals surface area contributed by atoms with Gasteiger partial charge in [-0.1, -0.05) is 30.1 Å². The minimum absolute atomic E-state index is 0.0237. The summed E-state index contributed by atoms with van der Waals surface area (Å²) in [6.45, 7) is 2.10. The first-order valence-corrected chi connectivity index (χ1v) is 8.57. The zero-order valence-electron chi connectivity index (χ0n) is 13.3. The summed E-state index contributed by atoms with van der Waals surface area (Å²) in [7, 11) is 0. The van der Waals surface area contributed by atoms with E-state index < -0.39 is 11.6 Å². The summed E-state index contributed by atoms with van der Waals surface area (Å²) in [5.41, 5.74) is 0.731. The third-order valence-electron chi connectivity index (χ3n) is 4.96. The number of halogens is 1. The standard InChI is InChI=1S/C17H18ClN3O3/c1-2-3-11-8-14(24-20-11)13-9-17(13)15(22)21(16(23)19-17)12-6-4-10(18)5-7-12/h4-7,13-14H,2-3,8-9H2,1H3,(H,19,23)/t13-,14+,17+/m1/s1. The van der Waals surface area contributed by atoms with Crippen molar-refractivity contribution in [1.82, 2.24) is 5.32 Å². The molecule has 7 heteroatoms. The average Bonchev–Trinajstić information content (AvgIpc) is 2.98. The van der Waals surface area contributed by atoms with Crippen molar-refractivity contribution >= 4 is 34.9 Å². The molecule has 0 bridgehead atoms. The van der Waals surface area contributed by atoms with E-state index in [0.29, 0.717) is 17.1 Å². The molecule has 24 heavy (non-hydrogen) atoms. The summed E-state index contributed by atoms with van der Waals surface area (Å²) < 4.78 is 0. The first-order valence-electron chi connectivity index (χ1n) is 8.19. The number of urea groups is 1.